The largest absolute Gasteiger partial charge is 0.497 e. The number of nitrogens with zero attached hydrogens (tertiary/aromatic N) is 4. The Kier molecular flexibility index (Phi) is 7.45. The number of aromatic nitrogens is 2. The standard InChI is InChI=1S/C27H20F2N4O4S/c1-35-20-11-7-17(8-12-20)15-22-25(34)33(19-9-13-21(14-10-19)36-26(28)29)27(30-22)38-16-23-31-32-24(37-23)18-5-3-2-4-6-18/h2-15,26H,16H2,1H3/b22-15+. The number of hydrogen-bond acceptors (Lipinski definition) is 8. The fourth-order valence-corrected chi connectivity index (χ4v) is 4.44. The molecule has 0 saturated heterocycles. The van der Waals surface area contributed by atoms with Crippen LogP contribution in [0.5, 0.6) is 11.5 Å². The summed E-state index contributed by atoms with van der Waals surface area (Å²) in [6.45, 7) is -2.95. The summed E-state index contributed by atoms with van der Waals surface area (Å²) in [5, 5.41) is 8.57. The summed E-state index contributed by atoms with van der Waals surface area (Å²) < 4.78 is 40.6. The van der Waals surface area contributed by atoms with Crippen molar-refractivity contribution in [1.29, 1.82) is 0 Å². The van der Waals surface area contributed by atoms with Crippen molar-refractivity contribution < 1.29 is 27.5 Å². The number of ether oxygens (including phenoxy) is 2. The molecule has 11 heteroatoms. The van der Waals surface area contributed by atoms with Gasteiger partial charge in [0.15, 0.2) is 5.17 Å². The molecule has 0 aliphatic carbocycles. The van der Waals surface area contributed by atoms with Crippen LogP contribution in [0.2, 0.25) is 0 Å². The average Bonchev–Trinajstić information content (AvgIpc) is 3.53. The molecule has 1 aliphatic heterocycles. The highest BCUT2D eigenvalue weighted by Gasteiger charge is 2.32. The molecule has 8 nitrogen and oxygen atoms in total. The van der Waals surface area contributed by atoms with Crippen molar-refractivity contribution in [2.75, 3.05) is 12.0 Å². The number of carbonyl (C=O) groups is 1. The quantitative estimate of drug-likeness (QED) is 0.255. The van der Waals surface area contributed by atoms with Crippen LogP contribution in [0.25, 0.3) is 17.5 Å². The molecule has 192 valence electrons. The summed E-state index contributed by atoms with van der Waals surface area (Å²) in [5.74, 6) is 1.29. The van der Waals surface area contributed by atoms with Gasteiger partial charge in [-0.2, -0.15) is 8.78 Å². The van der Waals surface area contributed by atoms with E-state index in [4.69, 9.17) is 9.15 Å². The maximum absolute atomic E-state index is 13.4. The first-order chi connectivity index (χ1) is 18.5. The monoisotopic (exact) mass is 534 g/mol. The lowest BCUT2D eigenvalue weighted by Gasteiger charge is -2.18. The van der Waals surface area contributed by atoms with E-state index >= 15 is 0 Å². The van der Waals surface area contributed by atoms with Crippen LogP contribution >= 0.6 is 11.8 Å². The van der Waals surface area contributed by atoms with E-state index in [1.165, 1.54) is 40.9 Å². The molecular formula is C27H20F2N4O4S. The van der Waals surface area contributed by atoms with Gasteiger partial charge in [-0.05, 0) is 60.2 Å². The van der Waals surface area contributed by atoms with E-state index in [0.29, 0.717) is 28.4 Å². The van der Waals surface area contributed by atoms with Crippen molar-refractivity contribution in [2.45, 2.75) is 12.4 Å². The second kappa shape index (κ2) is 11.3. The second-order valence-corrected chi connectivity index (χ2v) is 8.81. The molecule has 0 bridgehead atoms. The maximum atomic E-state index is 13.4. The number of aliphatic imine (C=N–C) groups is 1. The first-order valence-corrected chi connectivity index (χ1v) is 12.3. The highest BCUT2D eigenvalue weighted by Crippen LogP contribution is 2.32. The topological polar surface area (TPSA) is 90.1 Å². The van der Waals surface area contributed by atoms with Gasteiger partial charge in [-0.1, -0.05) is 42.1 Å². The van der Waals surface area contributed by atoms with Gasteiger partial charge in [0.2, 0.25) is 11.8 Å². The fourth-order valence-electron chi connectivity index (χ4n) is 3.59. The van der Waals surface area contributed by atoms with E-state index in [0.717, 1.165) is 11.1 Å². The molecule has 0 saturated carbocycles. The van der Waals surface area contributed by atoms with Crippen LogP contribution < -0.4 is 14.4 Å². The van der Waals surface area contributed by atoms with Crippen LogP contribution in [-0.4, -0.2) is 35.0 Å². The molecule has 0 N–H and O–H groups in total. The van der Waals surface area contributed by atoms with Crippen molar-refractivity contribution in [2.24, 2.45) is 4.99 Å². The Bertz CT molecular complexity index is 1470. The average molecular weight is 535 g/mol. The minimum atomic E-state index is -2.95. The molecule has 3 aromatic carbocycles. The minimum Gasteiger partial charge on any atom is -0.497 e. The number of carbonyl (C=O) groups excluding carboxylic acids is 1. The third-order valence-corrected chi connectivity index (χ3v) is 6.30. The van der Waals surface area contributed by atoms with Crippen LogP contribution in [0, 0.1) is 0 Å². The van der Waals surface area contributed by atoms with Crippen LogP contribution in [0.4, 0.5) is 14.5 Å². The number of methoxy groups -OCH3 is 1. The SMILES string of the molecule is COc1ccc(/C=C2/N=C(SCc3nnc(-c4ccccc4)o3)N(c3ccc(OC(F)F)cc3)C2=O)cc1. The summed E-state index contributed by atoms with van der Waals surface area (Å²) in [6.07, 6.45) is 1.66. The van der Waals surface area contributed by atoms with E-state index in [9.17, 15) is 13.6 Å². The van der Waals surface area contributed by atoms with Crippen molar-refractivity contribution in [1.82, 2.24) is 10.2 Å². The van der Waals surface area contributed by atoms with Crippen molar-refractivity contribution in [3.05, 3.63) is 96.0 Å². The fraction of sp³-hybridized carbons (Fsp3) is 0.111. The number of rotatable bonds is 8. The van der Waals surface area contributed by atoms with Gasteiger partial charge in [0, 0.05) is 5.56 Å². The Morgan fingerprint density at radius 2 is 1.68 bits per heavy atom. The van der Waals surface area contributed by atoms with E-state index in [-0.39, 0.29) is 23.1 Å². The zero-order valence-corrected chi connectivity index (χ0v) is 20.8. The minimum absolute atomic E-state index is 0.0187. The first kappa shape index (κ1) is 25.2. The molecule has 1 aromatic heterocycles. The van der Waals surface area contributed by atoms with Crippen LogP contribution in [0.3, 0.4) is 0 Å². The van der Waals surface area contributed by atoms with E-state index < -0.39 is 6.61 Å². The number of alkyl halides is 2. The molecule has 0 spiro atoms. The Labute approximate surface area is 220 Å². The first-order valence-electron chi connectivity index (χ1n) is 11.3. The van der Waals surface area contributed by atoms with Gasteiger partial charge in [-0.15, -0.1) is 10.2 Å². The normalized spacial score (nSPS) is 14.3. The number of anilines is 1. The summed E-state index contributed by atoms with van der Waals surface area (Å²) in [7, 11) is 1.57. The number of thioether (sulfide) groups is 1. The van der Waals surface area contributed by atoms with Gasteiger partial charge >= 0.3 is 6.61 Å². The van der Waals surface area contributed by atoms with Crippen LogP contribution in [0.1, 0.15) is 11.5 Å². The van der Waals surface area contributed by atoms with Crippen LogP contribution in [-0.2, 0) is 10.5 Å². The lowest BCUT2D eigenvalue weighted by molar-refractivity contribution is -0.113. The van der Waals surface area contributed by atoms with Gasteiger partial charge < -0.3 is 13.9 Å². The molecule has 5 rings (SSSR count). The highest BCUT2D eigenvalue weighted by atomic mass is 32.2. The van der Waals surface area contributed by atoms with E-state index in [1.807, 2.05) is 42.5 Å². The number of amides is 1. The maximum Gasteiger partial charge on any atom is 0.387 e. The third-order valence-electron chi connectivity index (χ3n) is 5.38. The summed E-state index contributed by atoms with van der Waals surface area (Å²) >= 11 is 1.23. The Morgan fingerprint density at radius 3 is 2.37 bits per heavy atom. The van der Waals surface area contributed by atoms with Gasteiger partial charge in [-0.25, -0.2) is 4.99 Å². The molecule has 2 heterocycles. The number of halogens is 2. The summed E-state index contributed by atoms with van der Waals surface area (Å²) in [6, 6.07) is 22.3. The van der Waals surface area contributed by atoms with Crippen molar-refractivity contribution >= 4 is 34.6 Å². The second-order valence-electron chi connectivity index (χ2n) is 7.87. The van der Waals surface area contributed by atoms with Crippen LogP contribution in [0.15, 0.2) is 94.0 Å². The molecule has 0 radical (unpaired) electrons. The van der Waals surface area contributed by atoms with Gasteiger partial charge in [-0.3, -0.25) is 9.69 Å². The molecule has 1 amide bonds. The predicted molar refractivity (Wildman–Crippen MR) is 140 cm³/mol. The Hall–Kier alpha value is -4.51. The molecule has 0 fully saturated rings. The third kappa shape index (κ3) is 5.73. The summed E-state index contributed by atoms with van der Waals surface area (Å²) in [4.78, 5) is 19.4. The number of amidine groups is 1. The number of hydrogen-bond donors (Lipinski definition) is 0. The molecular weight excluding hydrogens is 514 g/mol. The Morgan fingerprint density at radius 1 is 0.974 bits per heavy atom. The molecule has 4 aromatic rings. The smallest absolute Gasteiger partial charge is 0.387 e. The van der Waals surface area contributed by atoms with Gasteiger partial charge in [0.1, 0.15) is 17.2 Å². The lowest BCUT2D eigenvalue weighted by atomic mass is 10.2. The lowest BCUT2D eigenvalue weighted by Crippen LogP contribution is -2.30. The molecule has 0 unspecified atom stereocenters. The zero-order chi connectivity index (χ0) is 26.5. The molecule has 38 heavy (non-hydrogen) atoms. The summed E-state index contributed by atoms with van der Waals surface area (Å²) in [5.41, 5.74) is 2.20. The van der Waals surface area contributed by atoms with Gasteiger partial charge in [0.05, 0.1) is 18.6 Å². The van der Waals surface area contributed by atoms with E-state index in [1.54, 1.807) is 25.3 Å². The highest BCUT2D eigenvalue weighted by molar-refractivity contribution is 8.13. The van der Waals surface area contributed by atoms with Crippen molar-refractivity contribution in [3.8, 4) is 23.0 Å². The molecule has 0 atom stereocenters. The van der Waals surface area contributed by atoms with E-state index in [2.05, 4.69) is 19.9 Å². The molecule has 1 aliphatic rings. The zero-order valence-electron chi connectivity index (χ0n) is 20.0. The predicted octanol–water partition coefficient (Wildman–Crippen LogP) is 6.02. The van der Waals surface area contributed by atoms with Gasteiger partial charge in [0.25, 0.3) is 5.91 Å². The van der Waals surface area contributed by atoms with Crippen molar-refractivity contribution in [3.63, 3.8) is 0 Å². The number of benzene rings is 3. The Balaban J connectivity index is 1.41.